The molecule has 11 heteroatoms. The molecule has 1 aliphatic carbocycles. The Balaban J connectivity index is 1.77. The Hall–Kier alpha value is -2.37. The van der Waals surface area contributed by atoms with Gasteiger partial charge in [0.05, 0.1) is 6.61 Å². The van der Waals surface area contributed by atoms with Crippen molar-refractivity contribution in [2.45, 2.75) is 62.4 Å². The monoisotopic (exact) mass is 529 g/mol. The lowest BCUT2D eigenvalue weighted by atomic mass is 9.86. The molecule has 196 valence electrons. The van der Waals surface area contributed by atoms with Crippen LogP contribution in [0, 0.1) is 0 Å². The van der Waals surface area contributed by atoms with E-state index in [-0.39, 0.29) is 0 Å². The molecule has 0 saturated carbocycles. The summed E-state index contributed by atoms with van der Waals surface area (Å²) in [5.41, 5.74) is 4.53. The number of ether oxygens (including phenoxy) is 2. The molecule has 36 heavy (non-hydrogen) atoms. The Kier molecular flexibility index (Phi) is 7.82. The molecule has 1 saturated heterocycles. The van der Waals surface area contributed by atoms with Crippen LogP contribution in [0.1, 0.15) is 40.3 Å². The van der Waals surface area contributed by atoms with Crippen LogP contribution in [0.2, 0.25) is 5.02 Å². The fourth-order valence-corrected chi connectivity index (χ4v) is 5.22. The van der Waals surface area contributed by atoms with Gasteiger partial charge in [-0.2, -0.15) is 13.2 Å². The van der Waals surface area contributed by atoms with Crippen molar-refractivity contribution in [1.82, 2.24) is 0 Å². The van der Waals surface area contributed by atoms with E-state index in [1.165, 1.54) is 0 Å². The fourth-order valence-electron chi connectivity index (χ4n) is 4.89. The molecular weight excluding hydrogens is 503 g/mol. The number of halogens is 4. The van der Waals surface area contributed by atoms with Crippen LogP contribution in [0.3, 0.4) is 0 Å². The molecule has 1 heterocycles. The Bertz CT molecular complexity index is 1110. The number of rotatable bonds is 6. The summed E-state index contributed by atoms with van der Waals surface area (Å²) in [7, 11) is 1.80. The van der Waals surface area contributed by atoms with Gasteiger partial charge in [0.15, 0.2) is 6.10 Å². The van der Waals surface area contributed by atoms with Gasteiger partial charge in [-0.05, 0) is 65.6 Å². The smallest absolute Gasteiger partial charge is 0.450 e. The maximum Gasteiger partial charge on any atom is 0.490 e. The van der Waals surface area contributed by atoms with Crippen molar-refractivity contribution >= 4 is 23.3 Å². The molecule has 4 N–H and O–H groups in total. The predicted octanol–water partition coefficient (Wildman–Crippen LogP) is 3.09. The number of aliphatic hydroxyl groups excluding tert-OH is 3. The highest BCUT2D eigenvalue weighted by atomic mass is 35.5. The summed E-state index contributed by atoms with van der Waals surface area (Å²) < 4.78 is 49.5. The quantitative estimate of drug-likeness (QED) is 0.426. The van der Waals surface area contributed by atoms with Crippen LogP contribution in [0.25, 0.3) is 0 Å². The first-order valence-electron chi connectivity index (χ1n) is 11.5. The molecule has 5 atom stereocenters. The van der Waals surface area contributed by atoms with Crippen molar-refractivity contribution in [3.63, 3.8) is 0 Å². The summed E-state index contributed by atoms with van der Waals surface area (Å²) in [6, 6.07) is 9.33. The Morgan fingerprint density at radius 2 is 1.83 bits per heavy atom. The van der Waals surface area contributed by atoms with Gasteiger partial charge >= 0.3 is 12.1 Å². The van der Waals surface area contributed by atoms with E-state index in [0.29, 0.717) is 35.4 Å². The second-order valence-corrected chi connectivity index (χ2v) is 9.38. The number of hydrogen-bond donors (Lipinski definition) is 4. The summed E-state index contributed by atoms with van der Waals surface area (Å²) >= 11 is 6.75. The lowest BCUT2D eigenvalue weighted by Crippen LogP contribution is -2.57. The van der Waals surface area contributed by atoms with Gasteiger partial charge in [0.1, 0.15) is 24.4 Å². The van der Waals surface area contributed by atoms with Crippen molar-refractivity contribution < 1.29 is 42.8 Å². The standard InChI is InChI=1S/C25H27ClF3NO6/c1-30-14-7-5-12(6-8-14)9-13-10-17(15-3-2-4-16(15)19(13)26)22-23(36-24(34)25(27,28)29)21(33)20(32)18(11-31)35-22/h5-8,10,18,20-23,30-33H,2-4,9,11H2,1H3/t18-,20-,21+,22+,23-/m1/s1. The number of esters is 1. The summed E-state index contributed by atoms with van der Waals surface area (Å²) in [6.45, 7) is -0.699. The van der Waals surface area contributed by atoms with Gasteiger partial charge < -0.3 is 30.1 Å². The van der Waals surface area contributed by atoms with Gasteiger partial charge in [-0.25, -0.2) is 4.79 Å². The molecular formula is C25H27ClF3NO6. The van der Waals surface area contributed by atoms with Crippen molar-refractivity contribution in [1.29, 1.82) is 0 Å². The van der Waals surface area contributed by atoms with Crippen LogP contribution < -0.4 is 5.32 Å². The number of alkyl halides is 3. The van der Waals surface area contributed by atoms with E-state index in [2.05, 4.69) is 10.1 Å². The number of carbonyl (C=O) groups is 1. The van der Waals surface area contributed by atoms with Crippen LogP contribution in [-0.2, 0) is 33.5 Å². The first-order valence-corrected chi connectivity index (χ1v) is 11.9. The zero-order valence-electron chi connectivity index (χ0n) is 19.4. The van der Waals surface area contributed by atoms with Crippen molar-refractivity contribution in [3.8, 4) is 0 Å². The van der Waals surface area contributed by atoms with Crippen molar-refractivity contribution in [2.24, 2.45) is 0 Å². The van der Waals surface area contributed by atoms with Crippen LogP contribution in [0.4, 0.5) is 18.9 Å². The molecule has 1 aliphatic heterocycles. The number of fused-ring (bicyclic) bond motifs is 1. The third kappa shape index (κ3) is 5.19. The third-order valence-corrected chi connectivity index (χ3v) is 7.20. The Morgan fingerprint density at radius 3 is 2.44 bits per heavy atom. The van der Waals surface area contributed by atoms with Crippen LogP contribution in [0.5, 0.6) is 0 Å². The van der Waals surface area contributed by atoms with E-state index in [9.17, 15) is 33.3 Å². The lowest BCUT2D eigenvalue weighted by molar-refractivity contribution is -0.257. The highest BCUT2D eigenvalue weighted by molar-refractivity contribution is 6.32. The lowest BCUT2D eigenvalue weighted by Gasteiger charge is -2.42. The molecule has 2 aliphatic rings. The molecule has 0 radical (unpaired) electrons. The number of hydrogen-bond acceptors (Lipinski definition) is 7. The molecule has 7 nitrogen and oxygen atoms in total. The van der Waals surface area contributed by atoms with Gasteiger partial charge in [-0.1, -0.05) is 29.8 Å². The molecule has 0 spiro atoms. The summed E-state index contributed by atoms with van der Waals surface area (Å²) in [5.74, 6) is -2.51. The van der Waals surface area contributed by atoms with Crippen molar-refractivity contribution in [3.05, 3.63) is 63.2 Å². The Labute approximate surface area is 210 Å². The van der Waals surface area contributed by atoms with Crippen LogP contribution in [0.15, 0.2) is 30.3 Å². The summed E-state index contributed by atoms with van der Waals surface area (Å²) in [5, 5.41) is 34.1. The zero-order valence-corrected chi connectivity index (χ0v) is 20.1. The van der Waals surface area contributed by atoms with E-state index in [0.717, 1.165) is 28.8 Å². The number of nitrogens with one attached hydrogen (secondary N) is 1. The van der Waals surface area contributed by atoms with E-state index < -0.39 is 49.3 Å². The average Bonchev–Trinajstić information content (AvgIpc) is 3.34. The van der Waals surface area contributed by atoms with E-state index in [4.69, 9.17) is 16.3 Å². The SMILES string of the molecule is CNc1ccc(Cc2cc([C@@H]3O[C@H](CO)[C@@H](O)[C@H](O)[C@H]3OC(=O)C(F)(F)F)c3c(c2Cl)CCC3)cc1. The second-order valence-electron chi connectivity index (χ2n) is 9.00. The van der Waals surface area contributed by atoms with E-state index >= 15 is 0 Å². The van der Waals surface area contributed by atoms with Gasteiger partial charge in [-0.3, -0.25) is 0 Å². The number of carbonyl (C=O) groups excluding carboxylic acids is 1. The normalized spacial score (nSPS) is 25.9. The molecule has 0 bridgehead atoms. The molecule has 0 amide bonds. The van der Waals surface area contributed by atoms with Crippen LogP contribution in [-0.4, -0.2) is 65.5 Å². The van der Waals surface area contributed by atoms with Gasteiger partial charge in [-0.15, -0.1) is 0 Å². The molecule has 4 rings (SSSR count). The second kappa shape index (κ2) is 10.5. The predicted molar refractivity (Wildman–Crippen MR) is 125 cm³/mol. The zero-order chi connectivity index (χ0) is 26.2. The molecule has 1 fully saturated rings. The highest BCUT2D eigenvalue weighted by Crippen LogP contribution is 2.43. The fraction of sp³-hybridized carbons (Fsp3) is 0.480. The topological polar surface area (TPSA) is 108 Å². The summed E-state index contributed by atoms with van der Waals surface area (Å²) in [6.07, 6.45) is -11.1. The van der Waals surface area contributed by atoms with E-state index in [1.807, 2.05) is 24.3 Å². The maximum atomic E-state index is 13.0. The number of anilines is 1. The molecule has 0 aromatic heterocycles. The first-order chi connectivity index (χ1) is 17.0. The summed E-state index contributed by atoms with van der Waals surface area (Å²) in [4.78, 5) is 11.7. The van der Waals surface area contributed by atoms with Gasteiger partial charge in [0, 0.05) is 17.8 Å². The minimum atomic E-state index is -5.31. The molecule has 0 unspecified atom stereocenters. The third-order valence-electron chi connectivity index (χ3n) is 6.73. The minimum Gasteiger partial charge on any atom is -0.450 e. The number of benzene rings is 2. The van der Waals surface area contributed by atoms with Gasteiger partial charge in [0.25, 0.3) is 0 Å². The van der Waals surface area contributed by atoms with E-state index in [1.54, 1.807) is 13.1 Å². The first kappa shape index (κ1) is 26.7. The van der Waals surface area contributed by atoms with Crippen molar-refractivity contribution in [2.75, 3.05) is 19.0 Å². The Morgan fingerprint density at radius 1 is 1.17 bits per heavy atom. The molecule has 2 aromatic carbocycles. The molecule has 2 aromatic rings. The number of aliphatic hydroxyl groups is 3. The largest absolute Gasteiger partial charge is 0.490 e. The average molecular weight is 530 g/mol. The minimum absolute atomic E-state index is 0.414. The van der Waals surface area contributed by atoms with Gasteiger partial charge in [0.2, 0.25) is 0 Å². The highest BCUT2D eigenvalue weighted by Gasteiger charge is 2.51. The van der Waals surface area contributed by atoms with Crippen LogP contribution >= 0.6 is 11.6 Å². The maximum absolute atomic E-state index is 13.0.